The molecule has 0 bridgehead atoms. The van der Waals surface area contributed by atoms with Crippen molar-refractivity contribution in [3.8, 4) is 0 Å². The first-order valence-electron chi connectivity index (χ1n) is 8.42. The van der Waals surface area contributed by atoms with Crippen LogP contribution in [-0.4, -0.2) is 37.1 Å². The Kier molecular flexibility index (Phi) is 5.20. The lowest BCUT2D eigenvalue weighted by Crippen LogP contribution is -2.43. The van der Waals surface area contributed by atoms with Crippen molar-refractivity contribution in [3.05, 3.63) is 34.9 Å². The van der Waals surface area contributed by atoms with Gasteiger partial charge in [-0.05, 0) is 74.8 Å². The molecule has 0 radical (unpaired) electrons. The number of halogens is 1. The SMILES string of the molecule is CC(CNC1CC(c2cccc(Cl)c2)C1)CN1CCCC1. The molecule has 21 heavy (non-hydrogen) atoms. The third-order valence-corrected chi connectivity index (χ3v) is 5.22. The Morgan fingerprint density at radius 3 is 2.76 bits per heavy atom. The number of nitrogens with one attached hydrogen (secondary N) is 1. The minimum Gasteiger partial charge on any atom is -0.314 e. The third kappa shape index (κ3) is 4.21. The van der Waals surface area contributed by atoms with Crippen LogP contribution in [0.4, 0.5) is 0 Å². The molecule has 0 spiro atoms. The van der Waals surface area contributed by atoms with E-state index in [2.05, 4.69) is 35.3 Å². The van der Waals surface area contributed by atoms with Crippen LogP contribution in [0.1, 0.15) is 44.1 Å². The molecule has 1 aliphatic heterocycles. The number of rotatable bonds is 6. The summed E-state index contributed by atoms with van der Waals surface area (Å²) >= 11 is 6.07. The van der Waals surface area contributed by atoms with Gasteiger partial charge in [-0.1, -0.05) is 30.7 Å². The summed E-state index contributed by atoms with van der Waals surface area (Å²) in [4.78, 5) is 2.61. The molecule has 1 saturated carbocycles. The van der Waals surface area contributed by atoms with Crippen LogP contribution < -0.4 is 5.32 Å². The minimum atomic E-state index is 0.704. The van der Waals surface area contributed by atoms with Gasteiger partial charge in [0.25, 0.3) is 0 Å². The largest absolute Gasteiger partial charge is 0.314 e. The first-order valence-corrected chi connectivity index (χ1v) is 8.79. The molecule has 1 aromatic carbocycles. The molecule has 0 aromatic heterocycles. The summed E-state index contributed by atoms with van der Waals surface area (Å²) in [5.74, 6) is 1.46. The van der Waals surface area contributed by atoms with Gasteiger partial charge >= 0.3 is 0 Å². The van der Waals surface area contributed by atoms with Crippen molar-refractivity contribution < 1.29 is 0 Å². The molecule has 1 N–H and O–H groups in total. The summed E-state index contributed by atoms with van der Waals surface area (Å²) in [7, 11) is 0. The number of benzene rings is 1. The molecule has 3 heteroatoms. The zero-order valence-corrected chi connectivity index (χ0v) is 13.8. The predicted octanol–water partition coefficient (Wildman–Crippen LogP) is 3.91. The van der Waals surface area contributed by atoms with E-state index >= 15 is 0 Å². The van der Waals surface area contributed by atoms with Gasteiger partial charge in [-0.15, -0.1) is 0 Å². The average Bonchev–Trinajstić information content (AvgIpc) is 2.89. The Balaban J connectivity index is 1.35. The Morgan fingerprint density at radius 1 is 1.29 bits per heavy atom. The van der Waals surface area contributed by atoms with Gasteiger partial charge in [0.15, 0.2) is 0 Å². The van der Waals surface area contributed by atoms with Gasteiger partial charge in [0.2, 0.25) is 0 Å². The van der Waals surface area contributed by atoms with Crippen molar-refractivity contribution in [1.82, 2.24) is 10.2 Å². The van der Waals surface area contributed by atoms with E-state index in [-0.39, 0.29) is 0 Å². The number of likely N-dealkylation sites (tertiary alicyclic amines) is 1. The van der Waals surface area contributed by atoms with Crippen LogP contribution in [0.3, 0.4) is 0 Å². The lowest BCUT2D eigenvalue weighted by atomic mass is 9.76. The topological polar surface area (TPSA) is 15.3 Å². The van der Waals surface area contributed by atoms with Crippen LogP contribution in [0, 0.1) is 5.92 Å². The van der Waals surface area contributed by atoms with Crippen molar-refractivity contribution in [2.24, 2.45) is 5.92 Å². The zero-order chi connectivity index (χ0) is 14.7. The Labute approximate surface area is 133 Å². The van der Waals surface area contributed by atoms with E-state index in [9.17, 15) is 0 Å². The van der Waals surface area contributed by atoms with Crippen LogP contribution in [-0.2, 0) is 0 Å². The average molecular weight is 307 g/mol. The van der Waals surface area contributed by atoms with E-state index in [1.807, 2.05) is 6.07 Å². The fourth-order valence-corrected chi connectivity index (χ4v) is 3.85. The van der Waals surface area contributed by atoms with Gasteiger partial charge in [0.05, 0.1) is 0 Å². The number of hydrogen-bond donors (Lipinski definition) is 1. The van der Waals surface area contributed by atoms with E-state index in [0.29, 0.717) is 12.0 Å². The molecular weight excluding hydrogens is 280 g/mol. The monoisotopic (exact) mass is 306 g/mol. The van der Waals surface area contributed by atoms with E-state index in [0.717, 1.165) is 17.5 Å². The highest BCUT2D eigenvalue weighted by Gasteiger charge is 2.30. The summed E-state index contributed by atoms with van der Waals surface area (Å²) in [6, 6.07) is 9.06. The van der Waals surface area contributed by atoms with Crippen molar-refractivity contribution >= 4 is 11.6 Å². The van der Waals surface area contributed by atoms with E-state index in [1.54, 1.807) is 0 Å². The molecule has 116 valence electrons. The molecule has 1 unspecified atom stereocenters. The summed E-state index contributed by atoms with van der Waals surface area (Å²) in [6.07, 6.45) is 5.31. The summed E-state index contributed by atoms with van der Waals surface area (Å²) in [5, 5.41) is 4.61. The fraction of sp³-hybridized carbons (Fsp3) is 0.667. The second-order valence-electron chi connectivity index (χ2n) is 6.94. The highest BCUT2D eigenvalue weighted by atomic mass is 35.5. The summed E-state index contributed by atoms with van der Waals surface area (Å²) < 4.78 is 0. The first-order chi connectivity index (χ1) is 10.2. The smallest absolute Gasteiger partial charge is 0.0408 e. The van der Waals surface area contributed by atoms with Crippen molar-refractivity contribution in [1.29, 1.82) is 0 Å². The molecule has 1 aromatic rings. The number of nitrogens with zero attached hydrogens (tertiary/aromatic N) is 1. The highest BCUT2D eigenvalue weighted by molar-refractivity contribution is 6.30. The summed E-state index contributed by atoms with van der Waals surface area (Å²) in [5.41, 5.74) is 1.41. The zero-order valence-electron chi connectivity index (χ0n) is 13.0. The number of hydrogen-bond acceptors (Lipinski definition) is 2. The van der Waals surface area contributed by atoms with Gasteiger partial charge in [-0.25, -0.2) is 0 Å². The summed E-state index contributed by atoms with van der Waals surface area (Å²) in [6.45, 7) is 7.41. The Morgan fingerprint density at radius 2 is 2.05 bits per heavy atom. The van der Waals surface area contributed by atoms with Crippen LogP contribution in [0.5, 0.6) is 0 Å². The maximum Gasteiger partial charge on any atom is 0.0408 e. The molecule has 2 fully saturated rings. The van der Waals surface area contributed by atoms with E-state index in [1.165, 1.54) is 50.9 Å². The quantitative estimate of drug-likeness (QED) is 0.857. The predicted molar refractivity (Wildman–Crippen MR) is 90.1 cm³/mol. The molecule has 1 aliphatic carbocycles. The third-order valence-electron chi connectivity index (χ3n) is 4.98. The standard InChI is InChI=1S/C18H27ClN2/c1-14(13-21-7-2-3-8-21)12-20-18-10-16(11-18)15-5-4-6-17(19)9-15/h4-6,9,14,16,18,20H,2-3,7-8,10-13H2,1H3. The van der Waals surface area contributed by atoms with Gasteiger partial charge < -0.3 is 10.2 Å². The molecule has 0 amide bonds. The van der Waals surface area contributed by atoms with Gasteiger partial charge in [-0.3, -0.25) is 0 Å². The maximum atomic E-state index is 6.07. The van der Waals surface area contributed by atoms with Crippen molar-refractivity contribution in [2.75, 3.05) is 26.2 Å². The highest BCUT2D eigenvalue weighted by Crippen LogP contribution is 2.37. The molecular formula is C18H27ClN2. The van der Waals surface area contributed by atoms with Crippen LogP contribution >= 0.6 is 11.6 Å². The second kappa shape index (κ2) is 7.13. The van der Waals surface area contributed by atoms with Crippen LogP contribution in [0.2, 0.25) is 5.02 Å². The molecule has 1 heterocycles. The molecule has 1 saturated heterocycles. The molecule has 3 rings (SSSR count). The van der Waals surface area contributed by atoms with E-state index in [4.69, 9.17) is 11.6 Å². The molecule has 2 aliphatic rings. The lowest BCUT2D eigenvalue weighted by Gasteiger charge is -2.37. The Bertz CT molecular complexity index is 450. The van der Waals surface area contributed by atoms with Gasteiger partial charge in [0.1, 0.15) is 0 Å². The molecule has 2 nitrogen and oxygen atoms in total. The van der Waals surface area contributed by atoms with Crippen molar-refractivity contribution in [2.45, 2.75) is 44.6 Å². The fourth-order valence-electron chi connectivity index (χ4n) is 3.66. The van der Waals surface area contributed by atoms with Gasteiger partial charge in [0, 0.05) is 17.6 Å². The van der Waals surface area contributed by atoms with Crippen LogP contribution in [0.15, 0.2) is 24.3 Å². The van der Waals surface area contributed by atoms with Gasteiger partial charge in [-0.2, -0.15) is 0 Å². The van der Waals surface area contributed by atoms with Crippen molar-refractivity contribution in [3.63, 3.8) is 0 Å². The molecule has 1 atom stereocenters. The minimum absolute atomic E-state index is 0.704. The normalized spacial score (nSPS) is 27.5. The first kappa shape index (κ1) is 15.3. The Hall–Kier alpha value is -0.570. The maximum absolute atomic E-state index is 6.07. The van der Waals surface area contributed by atoms with E-state index < -0.39 is 0 Å². The second-order valence-corrected chi connectivity index (χ2v) is 7.38. The van der Waals surface area contributed by atoms with Crippen LogP contribution in [0.25, 0.3) is 0 Å². The lowest BCUT2D eigenvalue weighted by molar-refractivity contribution is 0.245.